The van der Waals surface area contributed by atoms with Crippen molar-refractivity contribution in [2.45, 2.75) is 26.3 Å². The molecule has 0 spiro atoms. The van der Waals surface area contributed by atoms with E-state index >= 15 is 0 Å². The molecular weight excluding hydrogens is 270 g/mol. The molecule has 1 aromatic rings. The molecule has 1 rings (SSSR count). The average Bonchev–Trinajstić information content (AvgIpc) is 2.37. The summed E-state index contributed by atoms with van der Waals surface area (Å²) in [7, 11) is 0. The van der Waals surface area contributed by atoms with E-state index in [-0.39, 0.29) is 18.3 Å². The summed E-state index contributed by atoms with van der Waals surface area (Å²) in [4.78, 5) is 10.4. The molecule has 1 unspecified atom stereocenters. The van der Waals surface area contributed by atoms with Gasteiger partial charge in [0.15, 0.2) is 0 Å². The molecule has 1 N–H and O–H groups in total. The lowest BCUT2D eigenvalue weighted by atomic mass is 10.0. The van der Waals surface area contributed by atoms with E-state index < -0.39 is 18.0 Å². The number of ether oxygens (including phenoxy) is 1. The summed E-state index contributed by atoms with van der Waals surface area (Å²) in [6.07, 6.45) is -2.47. The molecule has 0 saturated heterocycles. The van der Waals surface area contributed by atoms with Crippen LogP contribution in [0.25, 0.3) is 0 Å². The maximum Gasteiger partial charge on any atom is 0.272 e. The van der Waals surface area contributed by atoms with Crippen molar-refractivity contribution in [3.05, 3.63) is 39.4 Å². The molecule has 0 bridgehead atoms. The third-order valence-electron chi connectivity index (χ3n) is 2.87. The average molecular weight is 288 g/mol. The van der Waals surface area contributed by atoms with Crippen LogP contribution >= 0.6 is 0 Å². The van der Waals surface area contributed by atoms with Gasteiger partial charge in [0, 0.05) is 24.2 Å². The minimum atomic E-state index is -2.47. The number of alkyl halides is 2. The Morgan fingerprint density at radius 2 is 2.15 bits per heavy atom. The number of rotatable bonds is 8. The van der Waals surface area contributed by atoms with Gasteiger partial charge in [0.25, 0.3) is 12.1 Å². The summed E-state index contributed by atoms with van der Waals surface area (Å²) >= 11 is 0. The first-order chi connectivity index (χ1) is 9.41. The zero-order valence-electron chi connectivity index (χ0n) is 11.4. The number of halogens is 2. The number of aryl methyl sites for hydroxylation is 1. The molecule has 0 aliphatic carbocycles. The number of hydrogen-bond acceptors (Lipinski definition) is 4. The first-order valence-electron chi connectivity index (χ1n) is 6.26. The van der Waals surface area contributed by atoms with E-state index in [0.717, 1.165) is 5.56 Å². The van der Waals surface area contributed by atoms with Gasteiger partial charge in [-0.05, 0) is 19.4 Å². The Balaban J connectivity index is 2.49. The Hall–Kier alpha value is -1.60. The van der Waals surface area contributed by atoms with Gasteiger partial charge in [-0.2, -0.15) is 0 Å². The second-order valence-corrected chi connectivity index (χ2v) is 4.44. The van der Waals surface area contributed by atoms with E-state index in [2.05, 4.69) is 5.32 Å². The van der Waals surface area contributed by atoms with Crippen molar-refractivity contribution in [2.24, 2.45) is 0 Å². The van der Waals surface area contributed by atoms with E-state index in [1.807, 2.05) is 6.92 Å². The van der Waals surface area contributed by atoms with Gasteiger partial charge in [-0.1, -0.05) is 12.1 Å². The van der Waals surface area contributed by atoms with Crippen LogP contribution in [0.1, 0.15) is 24.1 Å². The SMILES string of the molecule is Cc1ccc(C(C)NCCOCC(F)F)cc1[N+](=O)[O-]. The molecule has 7 heteroatoms. The van der Waals surface area contributed by atoms with Crippen LogP contribution in [0.5, 0.6) is 0 Å². The summed E-state index contributed by atoms with van der Waals surface area (Å²) in [5.41, 5.74) is 1.45. The molecule has 0 saturated carbocycles. The van der Waals surface area contributed by atoms with Crippen LogP contribution in [0, 0.1) is 17.0 Å². The molecule has 1 aromatic carbocycles. The van der Waals surface area contributed by atoms with Gasteiger partial charge in [-0.3, -0.25) is 10.1 Å². The number of benzene rings is 1. The molecule has 0 fully saturated rings. The molecule has 5 nitrogen and oxygen atoms in total. The zero-order valence-corrected chi connectivity index (χ0v) is 11.4. The minimum Gasteiger partial charge on any atom is -0.374 e. The Labute approximate surface area is 116 Å². The van der Waals surface area contributed by atoms with Crippen molar-refractivity contribution in [2.75, 3.05) is 19.8 Å². The number of nitro groups is 1. The van der Waals surface area contributed by atoms with E-state index in [1.165, 1.54) is 6.07 Å². The van der Waals surface area contributed by atoms with Crippen LogP contribution in [0.2, 0.25) is 0 Å². The smallest absolute Gasteiger partial charge is 0.272 e. The van der Waals surface area contributed by atoms with Crippen LogP contribution in [0.3, 0.4) is 0 Å². The third-order valence-corrected chi connectivity index (χ3v) is 2.87. The first-order valence-corrected chi connectivity index (χ1v) is 6.26. The highest BCUT2D eigenvalue weighted by Gasteiger charge is 2.14. The zero-order chi connectivity index (χ0) is 15.1. The summed E-state index contributed by atoms with van der Waals surface area (Å²) in [5.74, 6) is 0. The monoisotopic (exact) mass is 288 g/mol. The molecule has 112 valence electrons. The molecule has 0 aromatic heterocycles. The Morgan fingerprint density at radius 1 is 1.45 bits per heavy atom. The summed E-state index contributed by atoms with van der Waals surface area (Å²) in [5, 5.41) is 13.9. The lowest BCUT2D eigenvalue weighted by molar-refractivity contribution is -0.385. The third kappa shape index (κ3) is 5.18. The Kier molecular flexibility index (Phi) is 6.47. The highest BCUT2D eigenvalue weighted by molar-refractivity contribution is 5.43. The van der Waals surface area contributed by atoms with Crippen LogP contribution in [-0.4, -0.2) is 31.1 Å². The topological polar surface area (TPSA) is 64.4 Å². The lowest BCUT2D eigenvalue weighted by Gasteiger charge is -2.14. The number of hydrogen-bond donors (Lipinski definition) is 1. The van der Waals surface area contributed by atoms with Gasteiger partial charge in [0.05, 0.1) is 11.5 Å². The molecule has 0 aliphatic rings. The van der Waals surface area contributed by atoms with E-state index in [9.17, 15) is 18.9 Å². The summed E-state index contributed by atoms with van der Waals surface area (Å²) in [6.45, 7) is 3.52. The maximum atomic E-state index is 11.8. The molecule has 20 heavy (non-hydrogen) atoms. The fraction of sp³-hybridized carbons (Fsp3) is 0.538. The van der Waals surface area contributed by atoms with Gasteiger partial charge < -0.3 is 10.1 Å². The second kappa shape index (κ2) is 7.86. The fourth-order valence-electron chi connectivity index (χ4n) is 1.73. The molecule has 1 atom stereocenters. The molecule has 0 amide bonds. The maximum absolute atomic E-state index is 11.8. The first kappa shape index (κ1) is 16.5. The molecule has 0 heterocycles. The highest BCUT2D eigenvalue weighted by atomic mass is 19.3. The predicted octanol–water partition coefficient (Wildman–Crippen LogP) is 2.84. The number of nitrogens with zero attached hydrogens (tertiary/aromatic N) is 1. The Morgan fingerprint density at radius 3 is 2.75 bits per heavy atom. The van der Waals surface area contributed by atoms with E-state index in [4.69, 9.17) is 4.74 Å². The highest BCUT2D eigenvalue weighted by Crippen LogP contribution is 2.22. The minimum absolute atomic E-state index is 0.0742. The van der Waals surface area contributed by atoms with Gasteiger partial charge in [0.2, 0.25) is 0 Å². The Bertz CT molecular complexity index is 455. The predicted molar refractivity (Wildman–Crippen MR) is 71.1 cm³/mol. The molecule has 0 aliphatic heterocycles. The van der Waals surface area contributed by atoms with Crippen molar-refractivity contribution in [3.8, 4) is 0 Å². The van der Waals surface area contributed by atoms with Crippen molar-refractivity contribution in [1.82, 2.24) is 5.32 Å². The molecular formula is C13H18F2N2O3. The summed E-state index contributed by atoms with van der Waals surface area (Å²) in [6, 6.07) is 4.90. The second-order valence-electron chi connectivity index (χ2n) is 4.44. The lowest BCUT2D eigenvalue weighted by Crippen LogP contribution is -2.24. The summed E-state index contributed by atoms with van der Waals surface area (Å²) < 4.78 is 28.4. The van der Waals surface area contributed by atoms with Crippen LogP contribution in [0.15, 0.2) is 18.2 Å². The van der Waals surface area contributed by atoms with Gasteiger partial charge in [-0.15, -0.1) is 0 Å². The molecule has 0 radical (unpaired) electrons. The van der Waals surface area contributed by atoms with Crippen molar-refractivity contribution in [3.63, 3.8) is 0 Å². The van der Waals surface area contributed by atoms with E-state index in [1.54, 1.807) is 19.1 Å². The number of nitrogens with one attached hydrogen (secondary N) is 1. The largest absolute Gasteiger partial charge is 0.374 e. The fourth-order valence-corrected chi connectivity index (χ4v) is 1.73. The van der Waals surface area contributed by atoms with Crippen LogP contribution < -0.4 is 5.32 Å². The van der Waals surface area contributed by atoms with Crippen LogP contribution in [-0.2, 0) is 4.74 Å². The van der Waals surface area contributed by atoms with Crippen molar-refractivity contribution in [1.29, 1.82) is 0 Å². The van der Waals surface area contributed by atoms with Crippen LogP contribution in [0.4, 0.5) is 14.5 Å². The van der Waals surface area contributed by atoms with Crippen molar-refractivity contribution < 1.29 is 18.4 Å². The number of nitro benzene ring substituents is 1. The van der Waals surface area contributed by atoms with Gasteiger partial charge in [-0.25, -0.2) is 8.78 Å². The van der Waals surface area contributed by atoms with Gasteiger partial charge >= 0.3 is 0 Å². The standard InChI is InChI=1S/C13H18F2N2O3/c1-9-3-4-11(7-12(9)17(18)19)10(2)16-5-6-20-8-13(14)15/h3-4,7,10,13,16H,5-6,8H2,1-2H3. The van der Waals surface area contributed by atoms with Crippen molar-refractivity contribution >= 4 is 5.69 Å². The quantitative estimate of drug-likeness (QED) is 0.454. The van der Waals surface area contributed by atoms with Gasteiger partial charge in [0.1, 0.15) is 6.61 Å². The van der Waals surface area contributed by atoms with E-state index in [0.29, 0.717) is 12.1 Å². The normalized spacial score (nSPS) is 12.7.